The van der Waals surface area contributed by atoms with Crippen LogP contribution in [0, 0.1) is 0 Å². The molecule has 18 heavy (non-hydrogen) atoms. The quantitative estimate of drug-likeness (QED) is 0.797. The van der Waals surface area contributed by atoms with Crippen molar-refractivity contribution >= 4 is 11.9 Å². The van der Waals surface area contributed by atoms with Crippen LogP contribution in [0.2, 0.25) is 0 Å². The van der Waals surface area contributed by atoms with Crippen molar-refractivity contribution in [1.29, 1.82) is 0 Å². The minimum atomic E-state index is -0.860. The maximum absolute atomic E-state index is 12.1. The van der Waals surface area contributed by atoms with Crippen LogP contribution in [-0.2, 0) is 9.59 Å². The zero-order valence-corrected chi connectivity index (χ0v) is 11.9. The lowest BCUT2D eigenvalue weighted by molar-refractivity contribution is -0.140. The van der Waals surface area contributed by atoms with Crippen molar-refractivity contribution in [2.75, 3.05) is 6.54 Å². The Morgan fingerprint density at radius 2 is 2.06 bits per heavy atom. The number of nitrogens with one attached hydrogen (secondary N) is 1. The van der Waals surface area contributed by atoms with E-state index in [0.717, 1.165) is 6.54 Å². The van der Waals surface area contributed by atoms with Crippen LogP contribution in [0.3, 0.4) is 0 Å². The standard InChI is InChI=1S/C13H24N2O3/c1-12(2,3)15-8-13(4,5)14-11(18)9(15)6-7-10(16)17/h9H,6-8H2,1-5H3,(H,14,18)(H,16,17). The van der Waals surface area contributed by atoms with Crippen LogP contribution in [0.15, 0.2) is 0 Å². The molecule has 0 aromatic rings. The molecular weight excluding hydrogens is 232 g/mol. The number of hydrogen-bond donors (Lipinski definition) is 2. The molecule has 5 heteroatoms. The van der Waals surface area contributed by atoms with Gasteiger partial charge in [-0.2, -0.15) is 0 Å². The van der Waals surface area contributed by atoms with Gasteiger partial charge in [0, 0.05) is 24.0 Å². The van der Waals surface area contributed by atoms with Gasteiger partial charge in [-0.1, -0.05) is 0 Å². The van der Waals surface area contributed by atoms with Gasteiger partial charge in [-0.15, -0.1) is 0 Å². The van der Waals surface area contributed by atoms with Gasteiger partial charge in [-0.3, -0.25) is 14.5 Å². The summed E-state index contributed by atoms with van der Waals surface area (Å²) in [6, 6.07) is -0.353. The highest BCUT2D eigenvalue weighted by Gasteiger charge is 2.42. The molecule has 0 saturated carbocycles. The van der Waals surface area contributed by atoms with Gasteiger partial charge in [0.15, 0.2) is 0 Å². The molecule has 1 aliphatic heterocycles. The van der Waals surface area contributed by atoms with Gasteiger partial charge < -0.3 is 10.4 Å². The minimum absolute atomic E-state index is 0.0189. The number of carboxylic acid groups (broad SMARTS) is 1. The second kappa shape index (κ2) is 4.88. The molecule has 0 bridgehead atoms. The third kappa shape index (κ3) is 3.70. The number of nitrogens with zero attached hydrogens (tertiary/aromatic N) is 1. The van der Waals surface area contributed by atoms with E-state index in [4.69, 9.17) is 5.11 Å². The molecule has 104 valence electrons. The van der Waals surface area contributed by atoms with Crippen molar-refractivity contribution in [1.82, 2.24) is 10.2 Å². The van der Waals surface area contributed by atoms with E-state index in [2.05, 4.69) is 31.0 Å². The van der Waals surface area contributed by atoms with E-state index in [0.29, 0.717) is 6.42 Å². The molecule has 5 nitrogen and oxygen atoms in total. The van der Waals surface area contributed by atoms with E-state index in [1.54, 1.807) is 0 Å². The summed E-state index contributed by atoms with van der Waals surface area (Å²) in [6.07, 6.45) is 0.375. The highest BCUT2D eigenvalue weighted by atomic mass is 16.4. The lowest BCUT2D eigenvalue weighted by Gasteiger charge is -2.49. The summed E-state index contributed by atoms with van der Waals surface area (Å²) in [4.78, 5) is 24.9. The molecule has 0 aliphatic carbocycles. The van der Waals surface area contributed by atoms with E-state index >= 15 is 0 Å². The fourth-order valence-electron chi connectivity index (χ4n) is 2.39. The first-order chi connectivity index (χ1) is 8.03. The predicted octanol–water partition coefficient (Wildman–Crippen LogP) is 1.23. The highest BCUT2D eigenvalue weighted by Crippen LogP contribution is 2.26. The van der Waals surface area contributed by atoms with Crippen molar-refractivity contribution in [3.8, 4) is 0 Å². The molecular formula is C13H24N2O3. The fraction of sp³-hybridized carbons (Fsp3) is 0.846. The van der Waals surface area contributed by atoms with Gasteiger partial charge in [-0.25, -0.2) is 0 Å². The van der Waals surface area contributed by atoms with Gasteiger partial charge in [-0.05, 0) is 41.0 Å². The van der Waals surface area contributed by atoms with Crippen LogP contribution in [-0.4, -0.2) is 45.5 Å². The van der Waals surface area contributed by atoms with Crippen LogP contribution < -0.4 is 5.32 Å². The maximum Gasteiger partial charge on any atom is 0.303 e. The van der Waals surface area contributed by atoms with Gasteiger partial charge in [0.25, 0.3) is 0 Å². The summed E-state index contributed by atoms with van der Waals surface area (Å²) >= 11 is 0. The zero-order chi connectivity index (χ0) is 14.1. The number of carbonyl (C=O) groups is 2. The first-order valence-electron chi connectivity index (χ1n) is 6.33. The normalized spacial score (nSPS) is 24.7. The Hall–Kier alpha value is -1.10. The molecule has 1 aliphatic rings. The number of piperazine rings is 1. The Morgan fingerprint density at radius 3 is 2.50 bits per heavy atom. The number of carboxylic acids is 1. The highest BCUT2D eigenvalue weighted by molar-refractivity contribution is 5.84. The van der Waals surface area contributed by atoms with E-state index < -0.39 is 5.97 Å². The summed E-state index contributed by atoms with van der Waals surface area (Å²) in [6.45, 7) is 10.8. The van der Waals surface area contributed by atoms with Crippen molar-refractivity contribution in [3.05, 3.63) is 0 Å². The molecule has 0 spiro atoms. The fourth-order valence-corrected chi connectivity index (χ4v) is 2.39. The first-order valence-corrected chi connectivity index (χ1v) is 6.33. The van der Waals surface area contributed by atoms with Crippen molar-refractivity contribution < 1.29 is 14.7 Å². The van der Waals surface area contributed by atoms with Crippen LogP contribution in [0.4, 0.5) is 0 Å². The average Bonchev–Trinajstić information content (AvgIpc) is 2.12. The lowest BCUT2D eigenvalue weighted by Crippen LogP contribution is -2.68. The monoisotopic (exact) mass is 256 g/mol. The molecule has 1 atom stereocenters. The number of amides is 1. The van der Waals surface area contributed by atoms with E-state index in [9.17, 15) is 9.59 Å². The SMILES string of the molecule is CC1(C)CN(C(C)(C)C)C(CCC(=O)O)C(=O)N1. The third-order valence-electron chi connectivity index (χ3n) is 3.20. The lowest BCUT2D eigenvalue weighted by atomic mass is 9.90. The van der Waals surface area contributed by atoms with Crippen LogP contribution >= 0.6 is 0 Å². The Bertz CT molecular complexity index is 345. The summed E-state index contributed by atoms with van der Waals surface area (Å²) in [5.74, 6) is -0.927. The largest absolute Gasteiger partial charge is 0.481 e. The van der Waals surface area contributed by atoms with Crippen molar-refractivity contribution in [2.45, 2.75) is 64.6 Å². The van der Waals surface area contributed by atoms with Gasteiger partial charge in [0.1, 0.15) is 0 Å². The molecule has 1 rings (SSSR count). The number of aliphatic carboxylic acids is 1. The second-order valence-electron chi connectivity index (χ2n) is 6.62. The molecule has 0 aromatic heterocycles. The third-order valence-corrected chi connectivity index (χ3v) is 3.20. The number of rotatable bonds is 3. The van der Waals surface area contributed by atoms with E-state index in [1.165, 1.54) is 0 Å². The Balaban J connectivity index is 2.89. The Morgan fingerprint density at radius 1 is 1.50 bits per heavy atom. The molecule has 1 amide bonds. The number of hydrogen-bond acceptors (Lipinski definition) is 3. The first kappa shape index (κ1) is 15.0. The summed E-state index contributed by atoms with van der Waals surface area (Å²) in [5, 5.41) is 11.7. The van der Waals surface area contributed by atoms with Gasteiger partial charge in [0.2, 0.25) is 5.91 Å². The van der Waals surface area contributed by atoms with Crippen LogP contribution in [0.25, 0.3) is 0 Å². The van der Waals surface area contributed by atoms with Crippen molar-refractivity contribution in [3.63, 3.8) is 0 Å². The molecule has 1 fully saturated rings. The van der Waals surface area contributed by atoms with E-state index in [1.807, 2.05) is 13.8 Å². The molecule has 1 unspecified atom stereocenters. The zero-order valence-electron chi connectivity index (χ0n) is 11.9. The Kier molecular flexibility index (Phi) is 4.05. The maximum atomic E-state index is 12.1. The van der Waals surface area contributed by atoms with E-state index in [-0.39, 0.29) is 29.4 Å². The summed E-state index contributed by atoms with van der Waals surface area (Å²) < 4.78 is 0. The summed E-state index contributed by atoms with van der Waals surface area (Å²) in [7, 11) is 0. The van der Waals surface area contributed by atoms with Crippen LogP contribution in [0.5, 0.6) is 0 Å². The predicted molar refractivity (Wildman–Crippen MR) is 69.3 cm³/mol. The molecule has 2 N–H and O–H groups in total. The number of carbonyl (C=O) groups excluding carboxylic acids is 1. The van der Waals surface area contributed by atoms with Crippen molar-refractivity contribution in [2.24, 2.45) is 0 Å². The Labute approximate surface area is 109 Å². The molecule has 0 aromatic carbocycles. The molecule has 1 heterocycles. The minimum Gasteiger partial charge on any atom is -0.481 e. The second-order valence-corrected chi connectivity index (χ2v) is 6.62. The van der Waals surface area contributed by atoms with Crippen LogP contribution in [0.1, 0.15) is 47.5 Å². The molecule has 0 radical (unpaired) electrons. The average molecular weight is 256 g/mol. The summed E-state index contributed by atoms with van der Waals surface area (Å²) in [5.41, 5.74) is -0.428. The smallest absolute Gasteiger partial charge is 0.303 e. The molecule has 1 saturated heterocycles. The van der Waals surface area contributed by atoms with Gasteiger partial charge in [0.05, 0.1) is 6.04 Å². The van der Waals surface area contributed by atoms with Gasteiger partial charge >= 0.3 is 5.97 Å². The topological polar surface area (TPSA) is 69.6 Å².